The van der Waals surface area contributed by atoms with Gasteiger partial charge in [0.25, 0.3) is 0 Å². The van der Waals surface area contributed by atoms with Gasteiger partial charge in [-0.2, -0.15) is 0 Å². The number of morpholine rings is 1. The zero-order valence-corrected chi connectivity index (χ0v) is 13.8. The van der Waals surface area contributed by atoms with Gasteiger partial charge in [-0.1, -0.05) is 23.2 Å². The SMILES string of the molecule is Cc1cc(Cl)c(NCC2CN(C(C)C)CCO2)cc1Cl. The Balaban J connectivity index is 1.93. The molecule has 1 fully saturated rings. The van der Waals surface area contributed by atoms with Gasteiger partial charge < -0.3 is 10.1 Å². The Morgan fingerprint density at radius 2 is 2.10 bits per heavy atom. The highest BCUT2D eigenvalue weighted by molar-refractivity contribution is 6.35. The fourth-order valence-corrected chi connectivity index (χ4v) is 2.79. The molecule has 1 atom stereocenters. The van der Waals surface area contributed by atoms with Crippen LogP contribution in [-0.2, 0) is 4.74 Å². The molecular formula is C15H22Cl2N2O. The van der Waals surface area contributed by atoms with Crippen LogP contribution >= 0.6 is 23.2 Å². The first-order valence-electron chi connectivity index (χ1n) is 7.02. The van der Waals surface area contributed by atoms with Crippen LogP contribution in [0.5, 0.6) is 0 Å². The molecule has 2 rings (SSSR count). The number of nitrogens with one attached hydrogen (secondary N) is 1. The highest BCUT2D eigenvalue weighted by Crippen LogP contribution is 2.28. The second kappa shape index (κ2) is 6.99. The van der Waals surface area contributed by atoms with Crippen molar-refractivity contribution in [2.24, 2.45) is 0 Å². The van der Waals surface area contributed by atoms with E-state index in [1.165, 1.54) is 0 Å². The number of aryl methyl sites for hydroxylation is 1. The second-order valence-electron chi connectivity index (χ2n) is 5.54. The maximum Gasteiger partial charge on any atom is 0.0874 e. The number of halogens is 2. The van der Waals surface area contributed by atoms with Crippen molar-refractivity contribution in [2.75, 3.05) is 31.6 Å². The molecule has 3 nitrogen and oxygen atoms in total. The lowest BCUT2D eigenvalue weighted by molar-refractivity contribution is -0.0315. The minimum Gasteiger partial charge on any atom is -0.381 e. The third kappa shape index (κ3) is 4.01. The van der Waals surface area contributed by atoms with Gasteiger partial charge in [0, 0.05) is 30.7 Å². The maximum absolute atomic E-state index is 6.23. The zero-order valence-electron chi connectivity index (χ0n) is 12.2. The average Bonchev–Trinajstić information content (AvgIpc) is 2.41. The van der Waals surface area contributed by atoms with Crippen molar-refractivity contribution >= 4 is 28.9 Å². The van der Waals surface area contributed by atoms with Crippen LogP contribution in [0.2, 0.25) is 10.0 Å². The van der Waals surface area contributed by atoms with Crippen molar-refractivity contribution in [2.45, 2.75) is 32.9 Å². The lowest BCUT2D eigenvalue weighted by Crippen LogP contribution is -2.48. The van der Waals surface area contributed by atoms with Crippen LogP contribution in [0.4, 0.5) is 5.69 Å². The van der Waals surface area contributed by atoms with E-state index in [4.69, 9.17) is 27.9 Å². The number of anilines is 1. The lowest BCUT2D eigenvalue weighted by Gasteiger charge is -2.35. The molecule has 1 heterocycles. The lowest BCUT2D eigenvalue weighted by atomic mass is 10.2. The number of hydrogen-bond donors (Lipinski definition) is 1. The van der Waals surface area contributed by atoms with Gasteiger partial charge in [0.1, 0.15) is 0 Å². The zero-order chi connectivity index (χ0) is 14.7. The Kier molecular flexibility index (Phi) is 5.56. The third-order valence-corrected chi connectivity index (χ3v) is 4.39. The highest BCUT2D eigenvalue weighted by Gasteiger charge is 2.22. The summed E-state index contributed by atoms with van der Waals surface area (Å²) >= 11 is 12.4. The molecule has 1 N–H and O–H groups in total. The molecule has 0 bridgehead atoms. The summed E-state index contributed by atoms with van der Waals surface area (Å²) in [5, 5.41) is 4.77. The molecule has 0 radical (unpaired) electrons. The van der Waals surface area contributed by atoms with Crippen molar-refractivity contribution in [3.05, 3.63) is 27.7 Å². The summed E-state index contributed by atoms with van der Waals surface area (Å²) < 4.78 is 5.79. The Hall–Kier alpha value is -0.480. The summed E-state index contributed by atoms with van der Waals surface area (Å²) in [5.74, 6) is 0. The van der Waals surface area contributed by atoms with Gasteiger partial charge in [0.15, 0.2) is 0 Å². The minimum atomic E-state index is 0.183. The molecule has 0 saturated carbocycles. The van der Waals surface area contributed by atoms with Crippen molar-refractivity contribution in [1.82, 2.24) is 4.90 Å². The average molecular weight is 317 g/mol. The number of hydrogen-bond acceptors (Lipinski definition) is 3. The summed E-state index contributed by atoms with van der Waals surface area (Å²) in [5.41, 5.74) is 1.86. The smallest absolute Gasteiger partial charge is 0.0874 e. The molecule has 0 spiro atoms. The first kappa shape index (κ1) is 15.9. The first-order chi connectivity index (χ1) is 9.47. The standard InChI is InChI=1S/C15H22Cl2N2O/c1-10(2)19-4-5-20-12(9-19)8-18-15-7-13(16)11(3)6-14(15)17/h6-7,10,12,18H,4-5,8-9H2,1-3H3. The van der Waals surface area contributed by atoms with E-state index in [1.807, 2.05) is 19.1 Å². The maximum atomic E-state index is 6.23. The largest absolute Gasteiger partial charge is 0.381 e. The normalized spacial score (nSPS) is 20.4. The Morgan fingerprint density at radius 1 is 1.35 bits per heavy atom. The summed E-state index contributed by atoms with van der Waals surface area (Å²) in [4.78, 5) is 2.43. The van der Waals surface area contributed by atoms with Crippen LogP contribution in [0, 0.1) is 6.92 Å². The second-order valence-corrected chi connectivity index (χ2v) is 6.36. The fourth-order valence-electron chi connectivity index (χ4n) is 2.34. The van der Waals surface area contributed by atoms with Crippen LogP contribution in [0.1, 0.15) is 19.4 Å². The number of benzene rings is 1. The van der Waals surface area contributed by atoms with Gasteiger partial charge in [0.05, 0.1) is 23.4 Å². The predicted molar refractivity (Wildman–Crippen MR) is 86.1 cm³/mol. The Morgan fingerprint density at radius 3 is 2.80 bits per heavy atom. The highest BCUT2D eigenvalue weighted by atomic mass is 35.5. The molecule has 1 aromatic carbocycles. The molecule has 0 amide bonds. The third-order valence-electron chi connectivity index (χ3n) is 3.67. The van der Waals surface area contributed by atoms with Crippen LogP contribution in [-0.4, -0.2) is 43.3 Å². The molecule has 0 aliphatic carbocycles. The van der Waals surface area contributed by atoms with Crippen LogP contribution in [0.25, 0.3) is 0 Å². The molecule has 112 valence electrons. The van der Waals surface area contributed by atoms with E-state index in [1.54, 1.807) is 0 Å². The molecule has 20 heavy (non-hydrogen) atoms. The summed E-state index contributed by atoms with van der Waals surface area (Å²) in [7, 11) is 0. The molecule has 5 heteroatoms. The van der Waals surface area contributed by atoms with Crippen LogP contribution in [0.15, 0.2) is 12.1 Å². The summed E-state index contributed by atoms with van der Waals surface area (Å²) in [6.45, 7) is 9.85. The van der Waals surface area contributed by atoms with E-state index in [2.05, 4.69) is 24.1 Å². The molecule has 1 unspecified atom stereocenters. The van der Waals surface area contributed by atoms with E-state index in [0.717, 1.165) is 42.5 Å². The van der Waals surface area contributed by atoms with E-state index in [0.29, 0.717) is 11.1 Å². The minimum absolute atomic E-state index is 0.183. The van der Waals surface area contributed by atoms with Gasteiger partial charge in [-0.05, 0) is 38.5 Å². The van der Waals surface area contributed by atoms with Crippen molar-refractivity contribution in [1.29, 1.82) is 0 Å². The molecule has 0 aromatic heterocycles. The van der Waals surface area contributed by atoms with Gasteiger partial charge in [0.2, 0.25) is 0 Å². The Labute approximate surface area is 131 Å². The van der Waals surface area contributed by atoms with Crippen molar-refractivity contribution in [3.8, 4) is 0 Å². The van der Waals surface area contributed by atoms with E-state index in [-0.39, 0.29) is 6.10 Å². The number of rotatable bonds is 4. The van der Waals surface area contributed by atoms with Crippen molar-refractivity contribution in [3.63, 3.8) is 0 Å². The van der Waals surface area contributed by atoms with Crippen molar-refractivity contribution < 1.29 is 4.74 Å². The molecular weight excluding hydrogens is 295 g/mol. The van der Waals surface area contributed by atoms with E-state index < -0.39 is 0 Å². The van der Waals surface area contributed by atoms with E-state index in [9.17, 15) is 0 Å². The van der Waals surface area contributed by atoms with Gasteiger partial charge in [-0.25, -0.2) is 0 Å². The van der Waals surface area contributed by atoms with E-state index >= 15 is 0 Å². The van der Waals surface area contributed by atoms with Gasteiger partial charge in [-0.15, -0.1) is 0 Å². The summed E-state index contributed by atoms with van der Waals surface area (Å²) in [6.07, 6.45) is 0.183. The monoisotopic (exact) mass is 316 g/mol. The number of ether oxygens (including phenoxy) is 1. The predicted octanol–water partition coefficient (Wildman–Crippen LogP) is 3.82. The first-order valence-corrected chi connectivity index (χ1v) is 7.78. The molecule has 1 aromatic rings. The molecule has 1 saturated heterocycles. The number of nitrogens with zero attached hydrogens (tertiary/aromatic N) is 1. The van der Waals surface area contributed by atoms with Crippen LogP contribution in [0.3, 0.4) is 0 Å². The quantitative estimate of drug-likeness (QED) is 0.913. The molecule has 1 aliphatic heterocycles. The van der Waals surface area contributed by atoms with Gasteiger partial charge >= 0.3 is 0 Å². The van der Waals surface area contributed by atoms with Gasteiger partial charge in [-0.3, -0.25) is 4.90 Å². The fraction of sp³-hybridized carbons (Fsp3) is 0.600. The summed E-state index contributed by atoms with van der Waals surface area (Å²) in [6, 6.07) is 4.32. The Bertz CT molecular complexity index is 465. The van der Waals surface area contributed by atoms with Crippen LogP contribution < -0.4 is 5.32 Å². The molecule has 1 aliphatic rings. The topological polar surface area (TPSA) is 24.5 Å².